The summed E-state index contributed by atoms with van der Waals surface area (Å²) < 4.78 is 6.47. The van der Waals surface area contributed by atoms with Crippen LogP contribution in [0.15, 0.2) is 114 Å². The second kappa shape index (κ2) is 13.9. The van der Waals surface area contributed by atoms with Crippen molar-refractivity contribution in [3.63, 3.8) is 0 Å². The molecule has 0 amide bonds. The number of anilines is 3. The van der Waals surface area contributed by atoms with Gasteiger partial charge in [0, 0.05) is 33.1 Å². The molecule has 57 heavy (non-hydrogen) atoms. The van der Waals surface area contributed by atoms with Crippen molar-refractivity contribution < 1.29 is 4.42 Å². The molecule has 9 rings (SSSR count). The Balaban J connectivity index is 1.29. The Kier molecular flexibility index (Phi) is 9.07. The van der Waals surface area contributed by atoms with Gasteiger partial charge in [-0.15, -0.1) is 16.4 Å². The molecular formula is C44H40B11NO. The molecule has 260 valence electrons. The summed E-state index contributed by atoms with van der Waals surface area (Å²) in [5.41, 5.74) is 25.4. The van der Waals surface area contributed by atoms with Crippen LogP contribution in [-0.2, 0) is 0 Å². The maximum atomic E-state index is 6.47. The molecule has 0 N–H and O–H groups in total. The first-order valence-corrected chi connectivity index (χ1v) is 20.3. The lowest BCUT2D eigenvalue weighted by Crippen LogP contribution is -2.53. The van der Waals surface area contributed by atoms with Gasteiger partial charge in [0.25, 0.3) is 0 Å². The van der Waals surface area contributed by atoms with E-state index in [4.69, 9.17) is 4.42 Å². The van der Waals surface area contributed by atoms with Crippen molar-refractivity contribution in [3.05, 3.63) is 109 Å². The molecule has 0 unspecified atom stereocenters. The zero-order chi connectivity index (χ0) is 40.0. The molecule has 0 atom stereocenters. The molecule has 0 radical (unpaired) electrons. The van der Waals surface area contributed by atoms with Crippen LogP contribution in [0.3, 0.4) is 0 Å². The third-order valence-corrected chi connectivity index (χ3v) is 13.7. The second-order valence-electron chi connectivity index (χ2n) is 16.4. The van der Waals surface area contributed by atoms with Gasteiger partial charge in [0.05, 0.1) is 5.69 Å². The van der Waals surface area contributed by atoms with Gasteiger partial charge in [0.2, 0.25) is 0 Å². The van der Waals surface area contributed by atoms with E-state index >= 15 is 0 Å². The molecule has 0 saturated heterocycles. The summed E-state index contributed by atoms with van der Waals surface area (Å²) in [5.74, 6) is 0. The van der Waals surface area contributed by atoms with E-state index in [0.717, 1.165) is 38.8 Å². The van der Waals surface area contributed by atoms with Crippen molar-refractivity contribution in [1.29, 1.82) is 0 Å². The molecule has 0 aliphatic rings. The Morgan fingerprint density at radius 2 is 0.912 bits per heavy atom. The van der Waals surface area contributed by atoms with Crippen molar-refractivity contribution in [2.75, 3.05) is 4.90 Å². The lowest BCUT2D eigenvalue weighted by atomic mass is 9.56. The van der Waals surface area contributed by atoms with Crippen molar-refractivity contribution in [2.24, 2.45) is 0 Å². The summed E-state index contributed by atoms with van der Waals surface area (Å²) >= 11 is 0. The fourth-order valence-electron chi connectivity index (χ4n) is 9.81. The van der Waals surface area contributed by atoms with Crippen molar-refractivity contribution >= 4 is 207 Å². The van der Waals surface area contributed by atoms with Gasteiger partial charge < -0.3 is 9.32 Å². The van der Waals surface area contributed by atoms with Crippen LogP contribution in [-0.4, -0.2) is 86.3 Å². The van der Waals surface area contributed by atoms with Gasteiger partial charge in [-0.25, -0.2) is 0 Å². The molecule has 1 heterocycles. The molecule has 13 heteroatoms. The third-order valence-electron chi connectivity index (χ3n) is 13.7. The maximum absolute atomic E-state index is 6.47. The van der Waals surface area contributed by atoms with Crippen LogP contribution >= 0.6 is 0 Å². The molecule has 0 saturated carbocycles. The smallest absolute Gasteiger partial charge is 0.143 e. The fourth-order valence-corrected chi connectivity index (χ4v) is 9.81. The van der Waals surface area contributed by atoms with Crippen LogP contribution in [0, 0.1) is 0 Å². The third kappa shape index (κ3) is 5.56. The van der Waals surface area contributed by atoms with E-state index in [1.54, 1.807) is 0 Å². The molecule has 0 bridgehead atoms. The van der Waals surface area contributed by atoms with E-state index in [1.165, 1.54) is 104 Å². The summed E-state index contributed by atoms with van der Waals surface area (Å²) in [6.07, 6.45) is 0. The summed E-state index contributed by atoms with van der Waals surface area (Å²) in [4.78, 5) is 2.51. The van der Waals surface area contributed by atoms with Gasteiger partial charge in [-0.3, -0.25) is 0 Å². The molecule has 0 fully saturated rings. The number of hydrogen-bond acceptors (Lipinski definition) is 2. The first-order chi connectivity index (χ1) is 27.4. The summed E-state index contributed by atoms with van der Waals surface area (Å²) in [5, 5.41) is 7.57. The number of nitrogens with zero attached hydrogens (tertiary/aromatic N) is 1. The Morgan fingerprint density at radius 3 is 1.60 bits per heavy atom. The highest BCUT2D eigenvalue weighted by atomic mass is 16.3. The highest BCUT2D eigenvalue weighted by Crippen LogP contribution is 2.40. The van der Waals surface area contributed by atoms with Gasteiger partial charge in [-0.1, -0.05) is 129 Å². The van der Waals surface area contributed by atoms with Gasteiger partial charge in [-0.2, -0.15) is 0 Å². The standard InChI is InChI=1S/C44H40B11NO/c45-32-29(28-30(34(47)38(32)51)35(48)40(53)39(52)33(28)46)31-36(49)41(54)43(42(55)37(31)50)56(26-13-5-8-19-7-1-2-9-22(19)26)21-17-15-20(16-18-21)23-11-6-12-25-24-10-3-4-14-27(24)57-44(23)25/h1-18H,45-55H2. The minimum absolute atomic E-state index is 0.915. The van der Waals surface area contributed by atoms with Crippen LogP contribution in [0.4, 0.5) is 17.1 Å². The Morgan fingerprint density at radius 1 is 0.386 bits per heavy atom. The van der Waals surface area contributed by atoms with Crippen LogP contribution in [0.2, 0.25) is 0 Å². The Bertz CT molecular complexity index is 3120. The molecule has 0 spiro atoms. The zero-order valence-corrected chi connectivity index (χ0v) is 35.2. The molecule has 1 aromatic heterocycles. The topological polar surface area (TPSA) is 16.4 Å². The number of benzene rings is 8. The quantitative estimate of drug-likeness (QED) is 0.165. The average Bonchev–Trinajstić information content (AvgIpc) is 3.62. The predicted octanol–water partition coefficient (Wildman–Crippen LogP) is -6.46. The highest BCUT2D eigenvalue weighted by Gasteiger charge is 2.27. The summed E-state index contributed by atoms with van der Waals surface area (Å²) in [6.45, 7) is 0. The van der Waals surface area contributed by atoms with Gasteiger partial charge in [0.1, 0.15) is 97.5 Å². The first-order valence-electron chi connectivity index (χ1n) is 20.3. The van der Waals surface area contributed by atoms with Crippen LogP contribution in [0.1, 0.15) is 0 Å². The van der Waals surface area contributed by atoms with Crippen LogP contribution in [0.25, 0.3) is 65.7 Å². The van der Waals surface area contributed by atoms with E-state index in [2.05, 4.69) is 194 Å². The average molecular weight is 718 g/mol. The lowest BCUT2D eigenvalue weighted by Gasteiger charge is -2.34. The van der Waals surface area contributed by atoms with Gasteiger partial charge in [-0.05, 0) is 57.1 Å². The van der Waals surface area contributed by atoms with Crippen molar-refractivity contribution in [2.45, 2.75) is 0 Å². The molecule has 9 aromatic rings. The van der Waals surface area contributed by atoms with E-state index in [-0.39, 0.29) is 0 Å². The van der Waals surface area contributed by atoms with Crippen LogP contribution in [0.5, 0.6) is 0 Å². The van der Waals surface area contributed by atoms with Gasteiger partial charge >= 0.3 is 0 Å². The number of furan rings is 1. The minimum atomic E-state index is 0.915. The predicted molar refractivity (Wildman–Crippen MR) is 284 cm³/mol. The van der Waals surface area contributed by atoms with Crippen LogP contribution < -0.4 is 65.0 Å². The van der Waals surface area contributed by atoms with Crippen molar-refractivity contribution in [1.82, 2.24) is 0 Å². The van der Waals surface area contributed by atoms with Crippen molar-refractivity contribution in [3.8, 4) is 22.3 Å². The minimum Gasteiger partial charge on any atom is -0.455 e. The Hall–Kier alpha value is -5.41. The summed E-state index contributed by atoms with van der Waals surface area (Å²) in [6, 6.07) is 39.3. The second-order valence-corrected chi connectivity index (χ2v) is 16.4. The number of rotatable bonds is 5. The van der Waals surface area contributed by atoms with E-state index in [0.29, 0.717) is 0 Å². The lowest BCUT2D eigenvalue weighted by molar-refractivity contribution is 0.670. The first kappa shape index (κ1) is 37.2. The largest absolute Gasteiger partial charge is 0.455 e. The highest BCUT2D eigenvalue weighted by molar-refractivity contribution is 6.73. The van der Waals surface area contributed by atoms with Gasteiger partial charge in [0.15, 0.2) is 0 Å². The fraction of sp³-hybridized carbons (Fsp3) is 0. The SMILES string of the molecule is Bc1c(B)c(N(c2ccc(-c3cccc4c3oc3ccccc34)cc2)c2cccc3ccccc23)c(B)c(B)c1-c1c(B)c(B)c(B)c2c(B)c(B)c(B)c(B)c12. The molecule has 8 aromatic carbocycles. The Labute approximate surface area is 346 Å². The molecular weight excluding hydrogens is 677 g/mol. The zero-order valence-electron chi connectivity index (χ0n) is 35.2. The van der Waals surface area contributed by atoms with E-state index in [1.807, 2.05) is 6.07 Å². The monoisotopic (exact) mass is 719 g/mol. The number of para-hydroxylation sites is 2. The summed E-state index contributed by atoms with van der Waals surface area (Å²) in [7, 11) is 25.6. The van der Waals surface area contributed by atoms with E-state index < -0.39 is 0 Å². The molecule has 2 nitrogen and oxygen atoms in total. The van der Waals surface area contributed by atoms with E-state index in [9.17, 15) is 0 Å². The maximum Gasteiger partial charge on any atom is 0.143 e. The molecule has 0 aliphatic heterocycles. The number of fused-ring (bicyclic) bond motifs is 5. The normalized spacial score (nSPS) is 11.6. The molecule has 0 aliphatic carbocycles. The number of hydrogen-bond donors (Lipinski definition) is 0.